The molecule has 3 heterocycles. The van der Waals surface area contributed by atoms with Crippen LogP contribution in [0.4, 0.5) is 17.1 Å². The van der Waals surface area contributed by atoms with Gasteiger partial charge < -0.3 is 9.80 Å². The van der Waals surface area contributed by atoms with E-state index in [1.165, 1.54) is 50.0 Å². The van der Waals surface area contributed by atoms with Crippen molar-refractivity contribution in [1.82, 2.24) is 9.55 Å². The number of aromatic nitrogens is 2. The second-order valence-electron chi connectivity index (χ2n) is 10.7. The topological polar surface area (TPSA) is 24.3 Å². The van der Waals surface area contributed by atoms with Gasteiger partial charge in [0.15, 0.2) is 0 Å². The lowest BCUT2D eigenvalue weighted by Crippen LogP contribution is -2.25. The Morgan fingerprint density at radius 3 is 2.24 bits per heavy atom. The van der Waals surface area contributed by atoms with Crippen molar-refractivity contribution < 1.29 is 0 Å². The van der Waals surface area contributed by atoms with E-state index in [9.17, 15) is 0 Å². The van der Waals surface area contributed by atoms with Gasteiger partial charge in [0.25, 0.3) is 0 Å². The summed E-state index contributed by atoms with van der Waals surface area (Å²) in [5.74, 6) is 0.937. The zero-order chi connectivity index (χ0) is 25.9. The van der Waals surface area contributed by atoms with Gasteiger partial charge in [-0.25, -0.2) is 4.98 Å². The molecule has 0 spiro atoms. The second-order valence-corrected chi connectivity index (χ2v) is 10.7. The predicted molar refractivity (Wildman–Crippen MR) is 159 cm³/mol. The molecule has 186 valence electrons. The van der Waals surface area contributed by atoms with E-state index in [0.717, 1.165) is 12.5 Å². The van der Waals surface area contributed by atoms with Gasteiger partial charge in [-0.3, -0.25) is 4.57 Å². The lowest BCUT2D eigenvalue weighted by molar-refractivity contribution is 0.641. The van der Waals surface area contributed by atoms with Crippen LogP contribution in [-0.2, 0) is 5.41 Å². The highest BCUT2D eigenvalue weighted by Crippen LogP contribution is 2.42. The Kier molecular flexibility index (Phi) is 5.05. The fourth-order valence-electron chi connectivity index (χ4n) is 5.92. The molecule has 6 aromatic rings. The first kappa shape index (κ1) is 22.6. The SMILES string of the molecule is CN1CN(c2cccc(C(C)(C)c3ccc4c5ccccc5n(-c5ccccn5)c4c3)c2)c2ccccc21. The number of rotatable bonds is 4. The van der Waals surface area contributed by atoms with Crippen LogP contribution < -0.4 is 9.80 Å². The summed E-state index contributed by atoms with van der Waals surface area (Å²) in [5.41, 5.74) is 8.48. The summed E-state index contributed by atoms with van der Waals surface area (Å²) in [4.78, 5) is 9.41. The Labute approximate surface area is 223 Å². The molecule has 0 radical (unpaired) electrons. The number of hydrogen-bond acceptors (Lipinski definition) is 3. The van der Waals surface area contributed by atoms with E-state index < -0.39 is 0 Å². The maximum Gasteiger partial charge on any atom is 0.137 e. The van der Waals surface area contributed by atoms with E-state index in [2.05, 4.69) is 138 Å². The van der Waals surface area contributed by atoms with E-state index in [-0.39, 0.29) is 5.41 Å². The first-order valence-electron chi connectivity index (χ1n) is 13.2. The minimum atomic E-state index is -0.194. The maximum atomic E-state index is 4.71. The second kappa shape index (κ2) is 8.49. The molecule has 2 aromatic heterocycles. The van der Waals surface area contributed by atoms with Crippen LogP contribution in [-0.4, -0.2) is 23.3 Å². The predicted octanol–water partition coefficient (Wildman–Crippen LogP) is 8.05. The molecule has 0 unspecified atom stereocenters. The van der Waals surface area contributed by atoms with Crippen molar-refractivity contribution in [3.63, 3.8) is 0 Å². The van der Waals surface area contributed by atoms with Crippen LogP contribution in [0, 0.1) is 0 Å². The zero-order valence-electron chi connectivity index (χ0n) is 22.0. The van der Waals surface area contributed by atoms with Crippen LogP contribution in [0.2, 0.25) is 0 Å². The Morgan fingerprint density at radius 2 is 1.39 bits per heavy atom. The molecule has 0 amide bonds. The molecule has 4 nitrogen and oxygen atoms in total. The van der Waals surface area contributed by atoms with Crippen molar-refractivity contribution in [3.05, 3.63) is 127 Å². The van der Waals surface area contributed by atoms with Gasteiger partial charge in [0.05, 0.1) is 29.1 Å². The lowest BCUT2D eigenvalue weighted by Gasteiger charge is -2.28. The van der Waals surface area contributed by atoms with Crippen molar-refractivity contribution in [2.45, 2.75) is 19.3 Å². The number of fused-ring (bicyclic) bond motifs is 4. The Balaban J connectivity index is 1.36. The number of para-hydroxylation sites is 3. The summed E-state index contributed by atoms with van der Waals surface area (Å²) in [6, 6.07) is 39.3. The number of benzene rings is 4. The fourth-order valence-corrected chi connectivity index (χ4v) is 5.92. The molecule has 1 aliphatic rings. The minimum absolute atomic E-state index is 0.194. The average Bonchev–Trinajstić information content (AvgIpc) is 3.48. The summed E-state index contributed by atoms with van der Waals surface area (Å²) in [6.07, 6.45) is 1.86. The van der Waals surface area contributed by atoms with E-state index in [1.54, 1.807) is 0 Å². The molecular weight excluding hydrogens is 464 g/mol. The van der Waals surface area contributed by atoms with Gasteiger partial charge in [0.2, 0.25) is 0 Å². The molecule has 4 heteroatoms. The molecule has 0 saturated heterocycles. The van der Waals surface area contributed by atoms with E-state index in [1.807, 2.05) is 12.3 Å². The highest BCUT2D eigenvalue weighted by molar-refractivity contribution is 6.09. The van der Waals surface area contributed by atoms with Gasteiger partial charge in [0.1, 0.15) is 5.82 Å². The first-order valence-corrected chi connectivity index (χ1v) is 13.2. The number of nitrogens with zero attached hydrogens (tertiary/aromatic N) is 4. The third kappa shape index (κ3) is 3.41. The monoisotopic (exact) mass is 494 g/mol. The van der Waals surface area contributed by atoms with Crippen molar-refractivity contribution >= 4 is 38.9 Å². The van der Waals surface area contributed by atoms with Crippen LogP contribution in [0.3, 0.4) is 0 Å². The highest BCUT2D eigenvalue weighted by Gasteiger charge is 2.28. The molecule has 7 rings (SSSR count). The molecule has 0 bridgehead atoms. The molecule has 0 N–H and O–H groups in total. The number of hydrogen-bond donors (Lipinski definition) is 0. The summed E-state index contributed by atoms with van der Waals surface area (Å²) in [6.45, 7) is 5.50. The van der Waals surface area contributed by atoms with Gasteiger partial charge in [-0.05, 0) is 59.7 Å². The van der Waals surface area contributed by atoms with Crippen LogP contribution in [0.25, 0.3) is 27.6 Å². The third-order valence-corrected chi connectivity index (χ3v) is 8.09. The average molecular weight is 495 g/mol. The van der Waals surface area contributed by atoms with Gasteiger partial charge in [-0.2, -0.15) is 0 Å². The quantitative estimate of drug-likeness (QED) is 0.248. The Hall–Kier alpha value is -4.57. The third-order valence-electron chi connectivity index (χ3n) is 8.09. The van der Waals surface area contributed by atoms with Crippen LogP contribution >= 0.6 is 0 Å². The molecule has 0 aliphatic carbocycles. The summed E-state index contributed by atoms with van der Waals surface area (Å²) in [7, 11) is 2.16. The van der Waals surface area contributed by atoms with Crippen molar-refractivity contribution in [3.8, 4) is 5.82 Å². The molecule has 0 atom stereocenters. The lowest BCUT2D eigenvalue weighted by atomic mass is 9.77. The van der Waals surface area contributed by atoms with Crippen molar-refractivity contribution in [1.29, 1.82) is 0 Å². The maximum absolute atomic E-state index is 4.71. The smallest absolute Gasteiger partial charge is 0.137 e. The van der Waals surface area contributed by atoms with E-state index >= 15 is 0 Å². The van der Waals surface area contributed by atoms with Crippen molar-refractivity contribution in [2.75, 3.05) is 23.5 Å². The Morgan fingerprint density at radius 1 is 0.658 bits per heavy atom. The molecule has 0 fully saturated rings. The van der Waals surface area contributed by atoms with Crippen LogP contribution in [0.5, 0.6) is 0 Å². The zero-order valence-corrected chi connectivity index (χ0v) is 22.0. The molecular formula is C34H30N4. The largest absolute Gasteiger partial charge is 0.355 e. The van der Waals surface area contributed by atoms with Crippen LogP contribution in [0.15, 0.2) is 115 Å². The standard InChI is InChI=1S/C34H30N4/c1-34(2,24-11-10-12-26(21-24)37-23-36(3)30-15-6-7-16-31(30)37)25-18-19-28-27-13-4-5-14-29(27)38(32(28)22-25)33-17-8-9-20-35-33/h4-22H,23H2,1-3H3. The van der Waals surface area contributed by atoms with Gasteiger partial charge in [-0.15, -0.1) is 0 Å². The van der Waals surface area contributed by atoms with E-state index in [4.69, 9.17) is 4.98 Å². The summed E-state index contributed by atoms with van der Waals surface area (Å²) in [5, 5.41) is 2.49. The molecule has 4 aromatic carbocycles. The van der Waals surface area contributed by atoms with Gasteiger partial charge in [-0.1, -0.05) is 74.5 Å². The number of pyridine rings is 1. The van der Waals surface area contributed by atoms with Gasteiger partial charge >= 0.3 is 0 Å². The minimum Gasteiger partial charge on any atom is -0.355 e. The summed E-state index contributed by atoms with van der Waals surface area (Å²) >= 11 is 0. The molecule has 38 heavy (non-hydrogen) atoms. The van der Waals surface area contributed by atoms with Crippen molar-refractivity contribution in [2.24, 2.45) is 0 Å². The molecule has 1 aliphatic heterocycles. The Bertz CT molecular complexity index is 1800. The van der Waals surface area contributed by atoms with E-state index in [0.29, 0.717) is 0 Å². The highest BCUT2D eigenvalue weighted by atomic mass is 15.4. The number of anilines is 3. The molecule has 0 saturated carbocycles. The van der Waals surface area contributed by atoms with Crippen LogP contribution in [0.1, 0.15) is 25.0 Å². The van der Waals surface area contributed by atoms with Gasteiger partial charge in [0, 0.05) is 35.1 Å². The summed E-state index contributed by atoms with van der Waals surface area (Å²) < 4.78 is 2.29. The fraction of sp³-hybridized carbons (Fsp3) is 0.147. The normalized spacial score (nSPS) is 13.4. The first-order chi connectivity index (χ1) is 18.5.